The number of nitrogens with zero attached hydrogens (tertiary/aromatic N) is 1. The first-order valence-electron chi connectivity index (χ1n) is 7.33. The van der Waals surface area contributed by atoms with Gasteiger partial charge in [-0.25, -0.2) is 4.39 Å². The number of carboxylic acids is 1. The van der Waals surface area contributed by atoms with Crippen LogP contribution < -0.4 is 0 Å². The summed E-state index contributed by atoms with van der Waals surface area (Å²) in [5.74, 6) is -2.28. The van der Waals surface area contributed by atoms with Gasteiger partial charge in [-0.15, -0.1) is 0 Å². The molecule has 0 saturated carbocycles. The quantitative estimate of drug-likeness (QED) is 0.928. The second-order valence-corrected chi connectivity index (χ2v) is 5.39. The van der Waals surface area contributed by atoms with Crippen LogP contribution in [0, 0.1) is 11.7 Å². The Morgan fingerprint density at radius 1 is 1.43 bits per heavy atom. The van der Waals surface area contributed by atoms with E-state index in [9.17, 15) is 19.1 Å². The minimum atomic E-state index is -0.973. The fourth-order valence-corrected chi connectivity index (χ4v) is 3.01. The highest BCUT2D eigenvalue weighted by Gasteiger charge is 2.39. The first-order chi connectivity index (χ1) is 10.1. The van der Waals surface area contributed by atoms with Gasteiger partial charge in [-0.1, -0.05) is 25.1 Å². The second-order valence-electron chi connectivity index (χ2n) is 5.39. The van der Waals surface area contributed by atoms with Gasteiger partial charge in [0, 0.05) is 18.5 Å². The molecule has 0 aliphatic carbocycles. The van der Waals surface area contributed by atoms with Gasteiger partial charge in [0.15, 0.2) is 0 Å². The van der Waals surface area contributed by atoms with Gasteiger partial charge in [-0.05, 0) is 25.3 Å². The lowest BCUT2D eigenvalue weighted by Crippen LogP contribution is -2.39. The average Bonchev–Trinajstić information content (AvgIpc) is 2.60. The van der Waals surface area contributed by atoms with Crippen molar-refractivity contribution in [2.24, 2.45) is 5.92 Å². The van der Waals surface area contributed by atoms with Crippen LogP contribution in [-0.4, -0.2) is 28.4 Å². The number of amides is 1. The van der Waals surface area contributed by atoms with Crippen LogP contribution in [0.25, 0.3) is 0 Å². The second kappa shape index (κ2) is 6.70. The summed E-state index contributed by atoms with van der Waals surface area (Å²) in [6.07, 6.45) is 1.96. The number of aliphatic carboxylic acids is 1. The highest BCUT2D eigenvalue weighted by Crippen LogP contribution is 2.37. The molecule has 4 nitrogen and oxygen atoms in total. The van der Waals surface area contributed by atoms with Gasteiger partial charge in [0.1, 0.15) is 5.82 Å². The van der Waals surface area contributed by atoms with E-state index in [1.807, 2.05) is 6.92 Å². The maximum absolute atomic E-state index is 14.2. The smallest absolute Gasteiger partial charge is 0.308 e. The van der Waals surface area contributed by atoms with Gasteiger partial charge in [-0.2, -0.15) is 0 Å². The van der Waals surface area contributed by atoms with Crippen LogP contribution in [0.1, 0.15) is 44.2 Å². The Kier molecular flexibility index (Phi) is 4.94. The third-order valence-corrected chi connectivity index (χ3v) is 3.95. The molecule has 0 radical (unpaired) electrons. The Morgan fingerprint density at radius 3 is 2.76 bits per heavy atom. The Balaban J connectivity index is 2.50. The maximum Gasteiger partial charge on any atom is 0.308 e. The predicted molar refractivity (Wildman–Crippen MR) is 76.1 cm³/mol. The van der Waals surface area contributed by atoms with E-state index in [1.165, 1.54) is 6.07 Å². The van der Waals surface area contributed by atoms with E-state index in [0.717, 1.165) is 0 Å². The molecule has 1 aromatic rings. The number of carbonyl (C=O) groups excluding carboxylic acids is 1. The van der Waals surface area contributed by atoms with Crippen molar-refractivity contribution in [1.82, 2.24) is 4.90 Å². The topological polar surface area (TPSA) is 57.6 Å². The maximum atomic E-state index is 14.2. The molecule has 1 aromatic carbocycles. The van der Waals surface area contributed by atoms with Crippen LogP contribution in [0.3, 0.4) is 0 Å². The highest BCUT2D eigenvalue weighted by molar-refractivity contribution is 5.79. The van der Waals surface area contributed by atoms with E-state index in [0.29, 0.717) is 37.8 Å². The van der Waals surface area contributed by atoms with Gasteiger partial charge in [0.05, 0.1) is 12.0 Å². The Labute approximate surface area is 123 Å². The fraction of sp³-hybridized carbons (Fsp3) is 0.500. The molecule has 21 heavy (non-hydrogen) atoms. The van der Waals surface area contributed by atoms with Crippen molar-refractivity contribution in [3.63, 3.8) is 0 Å². The molecular weight excluding hydrogens is 273 g/mol. The molecule has 1 N–H and O–H groups in total. The minimum Gasteiger partial charge on any atom is -0.481 e. The molecule has 1 aliphatic rings. The normalized spacial score (nSPS) is 23.0. The van der Waals surface area contributed by atoms with Crippen LogP contribution in [0.15, 0.2) is 24.3 Å². The number of carboxylic acid groups (broad SMARTS) is 1. The molecule has 114 valence electrons. The van der Waals surface area contributed by atoms with Gasteiger partial charge < -0.3 is 10.0 Å². The molecule has 1 fully saturated rings. The molecular formula is C16H20FNO3. The van der Waals surface area contributed by atoms with E-state index < -0.39 is 23.7 Å². The lowest BCUT2D eigenvalue weighted by molar-refractivity contribution is -0.146. The van der Waals surface area contributed by atoms with Crippen LogP contribution in [0.4, 0.5) is 4.39 Å². The average molecular weight is 293 g/mol. The lowest BCUT2D eigenvalue weighted by Gasteiger charge is -2.34. The number of likely N-dealkylation sites (tertiary alicyclic amines) is 1. The fourth-order valence-electron chi connectivity index (χ4n) is 3.01. The summed E-state index contributed by atoms with van der Waals surface area (Å²) in [5.41, 5.74) is 0.300. The van der Waals surface area contributed by atoms with Crippen LogP contribution in [0.5, 0.6) is 0 Å². The lowest BCUT2D eigenvalue weighted by atomic mass is 9.89. The van der Waals surface area contributed by atoms with E-state index in [1.54, 1.807) is 23.1 Å². The zero-order valence-corrected chi connectivity index (χ0v) is 12.1. The van der Waals surface area contributed by atoms with Gasteiger partial charge in [-0.3, -0.25) is 9.59 Å². The number of hydrogen-bond acceptors (Lipinski definition) is 2. The van der Waals surface area contributed by atoms with Crippen molar-refractivity contribution < 1.29 is 19.1 Å². The van der Waals surface area contributed by atoms with E-state index in [2.05, 4.69) is 0 Å². The number of hydrogen-bond donors (Lipinski definition) is 1. The summed E-state index contributed by atoms with van der Waals surface area (Å²) >= 11 is 0. The molecule has 1 heterocycles. The Bertz CT molecular complexity index is 532. The molecule has 2 unspecified atom stereocenters. The standard InChI is InChI=1S/C16H20FNO3/c1-2-10-18-14(19)9-5-7-12(16(20)21)15(18)11-6-3-4-8-13(11)17/h3-4,6,8,12,15H,2,5,7,9-10H2,1H3,(H,20,21). The summed E-state index contributed by atoms with van der Waals surface area (Å²) in [5, 5.41) is 9.50. The summed E-state index contributed by atoms with van der Waals surface area (Å²) in [4.78, 5) is 25.4. The van der Waals surface area contributed by atoms with Gasteiger partial charge in [0.25, 0.3) is 0 Å². The van der Waals surface area contributed by atoms with Crippen molar-refractivity contribution in [1.29, 1.82) is 0 Å². The third-order valence-electron chi connectivity index (χ3n) is 3.95. The summed E-state index contributed by atoms with van der Waals surface area (Å²) < 4.78 is 14.2. The van der Waals surface area contributed by atoms with Crippen molar-refractivity contribution in [3.8, 4) is 0 Å². The van der Waals surface area contributed by atoms with Gasteiger partial charge >= 0.3 is 5.97 Å². The molecule has 1 saturated heterocycles. The number of carbonyl (C=O) groups is 2. The van der Waals surface area contributed by atoms with Crippen LogP contribution in [-0.2, 0) is 9.59 Å². The van der Waals surface area contributed by atoms with E-state index in [-0.39, 0.29) is 5.91 Å². The minimum absolute atomic E-state index is 0.0890. The molecule has 1 aliphatic heterocycles. The molecule has 2 atom stereocenters. The molecule has 5 heteroatoms. The van der Waals surface area contributed by atoms with E-state index in [4.69, 9.17) is 0 Å². The predicted octanol–water partition coefficient (Wildman–Crippen LogP) is 2.99. The van der Waals surface area contributed by atoms with Gasteiger partial charge in [0.2, 0.25) is 5.91 Å². The molecule has 0 spiro atoms. The first-order valence-corrected chi connectivity index (χ1v) is 7.33. The Hall–Kier alpha value is -1.91. The van der Waals surface area contributed by atoms with Crippen LogP contribution >= 0.6 is 0 Å². The summed E-state index contributed by atoms with van der Waals surface area (Å²) in [6, 6.07) is 5.41. The number of benzene rings is 1. The zero-order valence-electron chi connectivity index (χ0n) is 12.1. The summed E-state index contributed by atoms with van der Waals surface area (Å²) in [7, 11) is 0. The zero-order chi connectivity index (χ0) is 15.4. The van der Waals surface area contributed by atoms with Crippen molar-refractivity contribution in [2.75, 3.05) is 6.54 Å². The highest BCUT2D eigenvalue weighted by atomic mass is 19.1. The molecule has 1 amide bonds. The SMILES string of the molecule is CCCN1C(=O)CCCC(C(=O)O)C1c1ccccc1F. The van der Waals surface area contributed by atoms with E-state index >= 15 is 0 Å². The number of rotatable bonds is 4. The molecule has 2 rings (SSSR count). The summed E-state index contributed by atoms with van der Waals surface area (Å²) in [6.45, 7) is 2.37. The first kappa shape index (κ1) is 15.5. The Morgan fingerprint density at radius 2 is 2.14 bits per heavy atom. The van der Waals surface area contributed by atoms with Crippen molar-refractivity contribution in [2.45, 2.75) is 38.6 Å². The van der Waals surface area contributed by atoms with Crippen molar-refractivity contribution >= 4 is 11.9 Å². The number of halogens is 1. The molecule has 0 bridgehead atoms. The third kappa shape index (κ3) is 3.23. The monoisotopic (exact) mass is 293 g/mol. The largest absolute Gasteiger partial charge is 0.481 e. The van der Waals surface area contributed by atoms with Crippen LogP contribution in [0.2, 0.25) is 0 Å². The van der Waals surface area contributed by atoms with Crippen molar-refractivity contribution in [3.05, 3.63) is 35.6 Å². The molecule has 0 aromatic heterocycles.